The Balaban J connectivity index is 1.56. The number of piperidine rings is 1. The van der Waals surface area contributed by atoms with Crippen molar-refractivity contribution in [3.8, 4) is 0 Å². The van der Waals surface area contributed by atoms with Gasteiger partial charge in [0.15, 0.2) is 5.82 Å². The van der Waals surface area contributed by atoms with Crippen LogP contribution in [-0.2, 0) is 18.3 Å². The van der Waals surface area contributed by atoms with Gasteiger partial charge in [-0.2, -0.15) is 0 Å². The molecule has 1 aliphatic rings. The molecule has 0 aliphatic carbocycles. The molecule has 1 N–H and O–H groups in total. The van der Waals surface area contributed by atoms with Crippen molar-refractivity contribution in [2.45, 2.75) is 31.7 Å². The maximum Gasteiger partial charge on any atom is 0.293 e. The molecule has 1 aliphatic heterocycles. The van der Waals surface area contributed by atoms with Crippen LogP contribution in [0.3, 0.4) is 0 Å². The molecule has 1 atom stereocenters. The number of furan rings is 1. The first kappa shape index (κ1) is 16.3. The largest absolute Gasteiger partial charge is 0.472 e. The number of anilines is 1. The SMILES string of the molecule is Cn1ccnc(N2CCC[C@@H](NC(=O)CCc3ccoc3)C2)c1=O. The van der Waals surface area contributed by atoms with Crippen LogP contribution in [0.5, 0.6) is 0 Å². The standard InChI is InChI=1S/C17H22N4O3/c1-20-9-7-18-16(17(20)23)21-8-2-3-14(11-21)19-15(22)5-4-13-6-10-24-12-13/h6-7,9-10,12,14H,2-5,8,11H2,1H3,(H,19,22)/t14-/m1/s1. The molecule has 0 aromatic carbocycles. The van der Waals surface area contributed by atoms with Gasteiger partial charge in [0.1, 0.15) is 0 Å². The lowest BCUT2D eigenvalue weighted by molar-refractivity contribution is -0.121. The van der Waals surface area contributed by atoms with Gasteiger partial charge in [-0.05, 0) is 30.9 Å². The fraction of sp³-hybridized carbons (Fsp3) is 0.471. The fourth-order valence-corrected chi connectivity index (χ4v) is 2.98. The van der Waals surface area contributed by atoms with Gasteiger partial charge < -0.3 is 19.2 Å². The highest BCUT2D eigenvalue weighted by Gasteiger charge is 2.24. The maximum absolute atomic E-state index is 12.2. The molecule has 7 heteroatoms. The molecular weight excluding hydrogens is 308 g/mol. The number of hydrogen-bond acceptors (Lipinski definition) is 5. The summed E-state index contributed by atoms with van der Waals surface area (Å²) in [5.74, 6) is 0.481. The molecule has 1 amide bonds. The average Bonchev–Trinajstić information content (AvgIpc) is 3.09. The minimum Gasteiger partial charge on any atom is -0.472 e. The molecule has 3 rings (SSSR count). The lowest BCUT2D eigenvalue weighted by atomic mass is 10.1. The predicted molar refractivity (Wildman–Crippen MR) is 89.9 cm³/mol. The first-order valence-corrected chi connectivity index (χ1v) is 8.20. The number of nitrogens with zero attached hydrogens (tertiary/aromatic N) is 3. The van der Waals surface area contributed by atoms with Crippen molar-refractivity contribution in [3.63, 3.8) is 0 Å². The van der Waals surface area contributed by atoms with Crippen LogP contribution in [0.1, 0.15) is 24.8 Å². The van der Waals surface area contributed by atoms with Gasteiger partial charge in [-0.3, -0.25) is 9.59 Å². The van der Waals surface area contributed by atoms with Crippen LogP contribution < -0.4 is 15.8 Å². The number of rotatable bonds is 5. The van der Waals surface area contributed by atoms with E-state index in [1.54, 1.807) is 32.0 Å². The van der Waals surface area contributed by atoms with Crippen molar-refractivity contribution in [2.75, 3.05) is 18.0 Å². The first-order chi connectivity index (χ1) is 11.6. The number of carbonyl (C=O) groups is 1. The Kier molecular flexibility index (Phi) is 4.98. The Bertz CT molecular complexity index is 739. The van der Waals surface area contributed by atoms with E-state index in [1.165, 1.54) is 4.57 Å². The topological polar surface area (TPSA) is 80.4 Å². The van der Waals surface area contributed by atoms with Gasteiger partial charge in [-0.1, -0.05) is 0 Å². The summed E-state index contributed by atoms with van der Waals surface area (Å²) < 4.78 is 6.53. The van der Waals surface area contributed by atoms with Crippen LogP contribution in [0.4, 0.5) is 5.82 Å². The van der Waals surface area contributed by atoms with E-state index in [2.05, 4.69) is 10.3 Å². The average molecular weight is 330 g/mol. The van der Waals surface area contributed by atoms with Crippen LogP contribution in [0, 0.1) is 0 Å². The summed E-state index contributed by atoms with van der Waals surface area (Å²) >= 11 is 0. The molecule has 3 heterocycles. The van der Waals surface area contributed by atoms with E-state index in [-0.39, 0.29) is 17.5 Å². The highest BCUT2D eigenvalue weighted by Crippen LogP contribution is 2.15. The summed E-state index contributed by atoms with van der Waals surface area (Å²) in [6.45, 7) is 1.40. The predicted octanol–water partition coefficient (Wildman–Crippen LogP) is 1.09. The molecule has 0 radical (unpaired) electrons. The van der Waals surface area contributed by atoms with E-state index >= 15 is 0 Å². The number of aromatic nitrogens is 2. The molecule has 0 saturated carbocycles. The minimum atomic E-state index is -0.107. The maximum atomic E-state index is 12.2. The van der Waals surface area contributed by atoms with Crippen LogP contribution >= 0.6 is 0 Å². The highest BCUT2D eigenvalue weighted by atomic mass is 16.3. The molecule has 1 saturated heterocycles. The Labute approximate surface area is 140 Å². The molecule has 128 valence electrons. The normalized spacial score (nSPS) is 17.7. The second-order valence-corrected chi connectivity index (χ2v) is 6.15. The number of nitrogens with one attached hydrogen (secondary N) is 1. The van der Waals surface area contributed by atoms with E-state index in [1.807, 2.05) is 11.0 Å². The third kappa shape index (κ3) is 3.84. The molecule has 0 unspecified atom stereocenters. The Hall–Kier alpha value is -2.57. The van der Waals surface area contributed by atoms with E-state index in [4.69, 9.17) is 4.42 Å². The van der Waals surface area contributed by atoms with E-state index in [0.29, 0.717) is 25.2 Å². The van der Waals surface area contributed by atoms with Crippen molar-refractivity contribution >= 4 is 11.7 Å². The molecular formula is C17H22N4O3. The molecule has 7 nitrogen and oxygen atoms in total. The number of aryl methyl sites for hydroxylation is 2. The van der Waals surface area contributed by atoms with Gasteiger partial charge in [-0.15, -0.1) is 0 Å². The minimum absolute atomic E-state index is 0.0250. The highest BCUT2D eigenvalue weighted by molar-refractivity contribution is 5.76. The molecule has 2 aromatic heterocycles. The Morgan fingerprint density at radius 1 is 1.50 bits per heavy atom. The van der Waals surface area contributed by atoms with Crippen molar-refractivity contribution in [1.29, 1.82) is 0 Å². The molecule has 0 spiro atoms. The third-order valence-electron chi connectivity index (χ3n) is 4.31. The van der Waals surface area contributed by atoms with Gasteiger partial charge in [0.25, 0.3) is 5.56 Å². The van der Waals surface area contributed by atoms with E-state index < -0.39 is 0 Å². The zero-order valence-corrected chi connectivity index (χ0v) is 13.8. The van der Waals surface area contributed by atoms with Crippen molar-refractivity contribution in [2.24, 2.45) is 7.05 Å². The van der Waals surface area contributed by atoms with Gasteiger partial charge in [0.2, 0.25) is 5.91 Å². The van der Waals surface area contributed by atoms with Crippen LogP contribution in [0.25, 0.3) is 0 Å². The lowest BCUT2D eigenvalue weighted by Crippen LogP contribution is -2.49. The van der Waals surface area contributed by atoms with Crippen molar-refractivity contribution in [1.82, 2.24) is 14.9 Å². The summed E-state index contributed by atoms with van der Waals surface area (Å²) in [5, 5.41) is 3.07. The summed E-state index contributed by atoms with van der Waals surface area (Å²) in [7, 11) is 1.71. The summed E-state index contributed by atoms with van der Waals surface area (Å²) in [4.78, 5) is 30.5. The summed E-state index contributed by atoms with van der Waals surface area (Å²) in [5.41, 5.74) is 0.914. The second kappa shape index (κ2) is 7.33. The van der Waals surface area contributed by atoms with Gasteiger partial charge in [-0.25, -0.2) is 4.98 Å². The number of carbonyl (C=O) groups excluding carboxylic acids is 1. The van der Waals surface area contributed by atoms with E-state index in [0.717, 1.165) is 24.9 Å². The Morgan fingerprint density at radius 2 is 2.38 bits per heavy atom. The quantitative estimate of drug-likeness (QED) is 0.888. The van der Waals surface area contributed by atoms with Gasteiger partial charge in [0.05, 0.1) is 12.5 Å². The molecule has 24 heavy (non-hydrogen) atoms. The van der Waals surface area contributed by atoms with Gasteiger partial charge in [0, 0.05) is 45.0 Å². The van der Waals surface area contributed by atoms with Crippen LogP contribution in [0.15, 0.2) is 40.2 Å². The molecule has 1 fully saturated rings. The monoisotopic (exact) mass is 330 g/mol. The van der Waals surface area contributed by atoms with Gasteiger partial charge >= 0.3 is 0 Å². The number of hydrogen-bond donors (Lipinski definition) is 1. The smallest absolute Gasteiger partial charge is 0.293 e. The first-order valence-electron chi connectivity index (χ1n) is 8.20. The second-order valence-electron chi connectivity index (χ2n) is 6.15. The fourth-order valence-electron chi connectivity index (χ4n) is 2.98. The van der Waals surface area contributed by atoms with Crippen LogP contribution in [0.2, 0.25) is 0 Å². The molecule has 0 bridgehead atoms. The molecule has 2 aromatic rings. The number of amides is 1. The zero-order valence-electron chi connectivity index (χ0n) is 13.8. The zero-order chi connectivity index (χ0) is 16.9. The van der Waals surface area contributed by atoms with E-state index in [9.17, 15) is 9.59 Å². The lowest BCUT2D eigenvalue weighted by Gasteiger charge is -2.33. The third-order valence-corrected chi connectivity index (χ3v) is 4.31. The summed E-state index contributed by atoms with van der Waals surface area (Å²) in [6, 6.07) is 1.91. The van der Waals surface area contributed by atoms with Crippen molar-refractivity contribution < 1.29 is 9.21 Å². The van der Waals surface area contributed by atoms with Crippen LogP contribution in [-0.4, -0.2) is 34.6 Å². The van der Waals surface area contributed by atoms with Crippen molar-refractivity contribution in [3.05, 3.63) is 46.9 Å². The summed E-state index contributed by atoms with van der Waals surface area (Å²) in [6.07, 6.45) is 9.48. The Morgan fingerprint density at radius 3 is 3.17 bits per heavy atom.